The third-order valence-corrected chi connectivity index (χ3v) is 3.74. The molecule has 0 atom stereocenters. The first-order chi connectivity index (χ1) is 8.29. The molecule has 0 spiro atoms. The predicted octanol–water partition coefficient (Wildman–Crippen LogP) is 3.57. The van der Waals surface area contributed by atoms with Crippen LogP contribution in [0.2, 0.25) is 0 Å². The van der Waals surface area contributed by atoms with E-state index in [1.807, 2.05) is 29.0 Å². The summed E-state index contributed by atoms with van der Waals surface area (Å²) in [6.07, 6.45) is 0. The van der Waals surface area contributed by atoms with Crippen LogP contribution in [0.3, 0.4) is 0 Å². The van der Waals surface area contributed by atoms with E-state index in [4.69, 9.17) is 0 Å². The van der Waals surface area contributed by atoms with Crippen LogP contribution in [0, 0.1) is 0 Å². The number of thiophene rings is 1. The van der Waals surface area contributed by atoms with Crippen molar-refractivity contribution in [2.75, 3.05) is 0 Å². The van der Waals surface area contributed by atoms with E-state index >= 15 is 0 Å². The van der Waals surface area contributed by atoms with Gasteiger partial charge in [0.15, 0.2) is 0 Å². The highest BCUT2D eigenvalue weighted by atomic mass is 79.9. The monoisotopic (exact) mass is 309 g/mol. The Hall–Kier alpha value is -1.13. The number of benzene rings is 1. The fourth-order valence-corrected chi connectivity index (χ4v) is 2.43. The lowest BCUT2D eigenvalue weighted by molar-refractivity contribution is 0.0951. The highest BCUT2D eigenvalue weighted by Crippen LogP contribution is 2.09. The fourth-order valence-electron chi connectivity index (χ4n) is 1.42. The van der Waals surface area contributed by atoms with Gasteiger partial charge in [0.2, 0.25) is 0 Å². The van der Waals surface area contributed by atoms with Gasteiger partial charge in [0, 0.05) is 22.8 Å². The molecule has 1 aromatic heterocycles. The maximum atomic E-state index is 11.7. The molecule has 0 bridgehead atoms. The van der Waals surface area contributed by atoms with Gasteiger partial charge in [-0.25, -0.2) is 0 Å². The van der Waals surface area contributed by atoms with E-state index in [0.29, 0.717) is 6.54 Å². The van der Waals surface area contributed by atoms with Gasteiger partial charge >= 0.3 is 0 Å². The van der Waals surface area contributed by atoms with Gasteiger partial charge in [-0.3, -0.25) is 4.79 Å². The van der Waals surface area contributed by atoms with E-state index < -0.39 is 0 Å². The first-order valence-electron chi connectivity index (χ1n) is 5.24. The molecule has 0 aliphatic heterocycles. The first kappa shape index (κ1) is 12.3. The number of nitrogens with one attached hydrogen (secondary N) is 1. The van der Waals surface area contributed by atoms with Crippen LogP contribution in [-0.4, -0.2) is 5.91 Å². The van der Waals surface area contributed by atoms with Crippen LogP contribution in [0.5, 0.6) is 0 Å². The lowest BCUT2D eigenvalue weighted by Crippen LogP contribution is -2.22. The molecule has 1 amide bonds. The lowest BCUT2D eigenvalue weighted by Gasteiger charge is -2.04. The van der Waals surface area contributed by atoms with Crippen LogP contribution in [0.1, 0.15) is 21.5 Å². The van der Waals surface area contributed by atoms with Gasteiger partial charge in [-0.1, -0.05) is 40.2 Å². The Kier molecular flexibility index (Phi) is 4.34. The van der Waals surface area contributed by atoms with Crippen molar-refractivity contribution in [3.63, 3.8) is 0 Å². The smallest absolute Gasteiger partial charge is 0.252 e. The standard InChI is InChI=1S/C13H12BrNOS/c14-7-10-1-3-11(4-2-10)8-15-13(16)12-5-6-17-9-12/h1-6,9H,7-8H2,(H,15,16). The molecule has 0 aliphatic rings. The fraction of sp³-hybridized carbons (Fsp3) is 0.154. The average Bonchev–Trinajstić information content (AvgIpc) is 2.90. The highest BCUT2D eigenvalue weighted by Gasteiger charge is 2.04. The Balaban J connectivity index is 1.91. The molecule has 0 aliphatic carbocycles. The highest BCUT2D eigenvalue weighted by molar-refractivity contribution is 9.08. The molecule has 1 N–H and O–H groups in total. The average molecular weight is 310 g/mol. The Morgan fingerprint density at radius 3 is 2.47 bits per heavy atom. The third kappa shape index (κ3) is 3.41. The Morgan fingerprint density at radius 1 is 1.18 bits per heavy atom. The van der Waals surface area contributed by atoms with E-state index in [1.165, 1.54) is 16.9 Å². The van der Waals surface area contributed by atoms with Crippen LogP contribution in [0.25, 0.3) is 0 Å². The molecule has 0 radical (unpaired) electrons. The van der Waals surface area contributed by atoms with Gasteiger partial charge in [-0.15, -0.1) is 0 Å². The number of hydrogen-bond acceptors (Lipinski definition) is 2. The first-order valence-corrected chi connectivity index (χ1v) is 7.30. The number of hydrogen-bond donors (Lipinski definition) is 1. The summed E-state index contributed by atoms with van der Waals surface area (Å²) in [5.41, 5.74) is 3.07. The summed E-state index contributed by atoms with van der Waals surface area (Å²) in [4.78, 5) is 11.7. The van der Waals surface area contributed by atoms with Crippen LogP contribution in [0.4, 0.5) is 0 Å². The summed E-state index contributed by atoms with van der Waals surface area (Å²) in [6, 6.07) is 10.0. The number of carbonyl (C=O) groups excluding carboxylic acids is 1. The second-order valence-corrected chi connectivity index (χ2v) is 4.99. The van der Waals surface area contributed by atoms with Gasteiger partial charge in [0.05, 0.1) is 0 Å². The predicted molar refractivity (Wildman–Crippen MR) is 74.6 cm³/mol. The maximum absolute atomic E-state index is 11.7. The van der Waals surface area contributed by atoms with Crippen LogP contribution in [0.15, 0.2) is 41.1 Å². The zero-order valence-corrected chi connectivity index (χ0v) is 11.6. The lowest BCUT2D eigenvalue weighted by atomic mass is 10.1. The second-order valence-electron chi connectivity index (χ2n) is 3.64. The molecule has 1 aromatic carbocycles. The molecule has 1 heterocycles. The molecule has 2 rings (SSSR count). The quantitative estimate of drug-likeness (QED) is 0.859. The molecule has 0 saturated heterocycles. The number of carbonyl (C=O) groups is 1. The van der Waals surface area contributed by atoms with Gasteiger partial charge < -0.3 is 5.32 Å². The van der Waals surface area contributed by atoms with Gasteiger partial charge in [-0.2, -0.15) is 11.3 Å². The van der Waals surface area contributed by atoms with E-state index in [1.54, 1.807) is 0 Å². The minimum atomic E-state index is -0.0178. The van der Waals surface area contributed by atoms with Gasteiger partial charge in [0.1, 0.15) is 0 Å². The second kappa shape index (κ2) is 5.98. The maximum Gasteiger partial charge on any atom is 0.252 e. The molecule has 0 fully saturated rings. The van der Waals surface area contributed by atoms with Crippen molar-refractivity contribution in [2.45, 2.75) is 11.9 Å². The van der Waals surface area contributed by atoms with Crippen molar-refractivity contribution in [1.82, 2.24) is 5.32 Å². The molecular weight excluding hydrogens is 298 g/mol. The van der Waals surface area contributed by atoms with E-state index in [-0.39, 0.29) is 5.91 Å². The van der Waals surface area contributed by atoms with Crippen molar-refractivity contribution in [3.05, 3.63) is 57.8 Å². The van der Waals surface area contributed by atoms with E-state index in [9.17, 15) is 4.79 Å². The zero-order valence-electron chi connectivity index (χ0n) is 9.15. The molecule has 4 heteroatoms. The SMILES string of the molecule is O=C(NCc1ccc(CBr)cc1)c1ccsc1. The van der Waals surface area contributed by atoms with Crippen molar-refractivity contribution in [2.24, 2.45) is 0 Å². The van der Waals surface area contributed by atoms with Crippen LogP contribution >= 0.6 is 27.3 Å². The minimum Gasteiger partial charge on any atom is -0.348 e. The number of rotatable bonds is 4. The van der Waals surface area contributed by atoms with Crippen molar-refractivity contribution in [1.29, 1.82) is 0 Å². The molecular formula is C13H12BrNOS. The normalized spacial score (nSPS) is 10.2. The Labute approximate surface area is 113 Å². The topological polar surface area (TPSA) is 29.1 Å². The summed E-state index contributed by atoms with van der Waals surface area (Å²) in [5, 5.41) is 7.50. The summed E-state index contributed by atoms with van der Waals surface area (Å²) >= 11 is 4.93. The summed E-state index contributed by atoms with van der Waals surface area (Å²) in [5.74, 6) is -0.0178. The summed E-state index contributed by atoms with van der Waals surface area (Å²) in [7, 11) is 0. The van der Waals surface area contributed by atoms with Gasteiger partial charge in [-0.05, 0) is 22.6 Å². The molecule has 0 saturated carbocycles. The summed E-state index contributed by atoms with van der Waals surface area (Å²) < 4.78 is 0. The van der Waals surface area contributed by atoms with E-state index in [0.717, 1.165) is 16.5 Å². The van der Waals surface area contributed by atoms with Gasteiger partial charge in [0.25, 0.3) is 5.91 Å². The molecule has 2 nitrogen and oxygen atoms in total. The Morgan fingerprint density at radius 2 is 1.88 bits per heavy atom. The third-order valence-electron chi connectivity index (χ3n) is 2.41. The number of alkyl halides is 1. The Bertz CT molecular complexity index is 479. The van der Waals surface area contributed by atoms with Crippen molar-refractivity contribution < 1.29 is 4.79 Å². The minimum absolute atomic E-state index is 0.0178. The molecule has 0 unspecified atom stereocenters. The van der Waals surface area contributed by atoms with Crippen LogP contribution < -0.4 is 5.32 Å². The number of halogens is 1. The van der Waals surface area contributed by atoms with Crippen molar-refractivity contribution in [3.8, 4) is 0 Å². The molecule has 17 heavy (non-hydrogen) atoms. The number of amides is 1. The zero-order chi connectivity index (χ0) is 12.1. The van der Waals surface area contributed by atoms with E-state index in [2.05, 4.69) is 33.4 Å². The molecule has 2 aromatic rings. The molecule has 88 valence electrons. The summed E-state index contributed by atoms with van der Waals surface area (Å²) in [6.45, 7) is 0.567. The van der Waals surface area contributed by atoms with Crippen molar-refractivity contribution >= 4 is 33.2 Å². The van der Waals surface area contributed by atoms with Crippen LogP contribution in [-0.2, 0) is 11.9 Å². The largest absolute Gasteiger partial charge is 0.348 e.